The van der Waals surface area contributed by atoms with E-state index in [1.165, 1.54) is 46.5 Å². The highest BCUT2D eigenvalue weighted by atomic mass is 16.8. The van der Waals surface area contributed by atoms with E-state index in [4.69, 9.17) is 47.7 Å². The molecule has 1 aromatic rings. The quantitative estimate of drug-likeness (QED) is 0.0322. The molecule has 12 unspecified atom stereocenters. The van der Waals surface area contributed by atoms with Crippen molar-refractivity contribution < 1.29 is 133 Å². The van der Waals surface area contributed by atoms with Crippen LogP contribution in [0.2, 0.25) is 0 Å². The number of esters is 1. The fourth-order valence-corrected chi connectivity index (χ4v) is 9.14. The summed E-state index contributed by atoms with van der Waals surface area (Å²) in [5.74, 6) is -6.04. The van der Waals surface area contributed by atoms with Crippen LogP contribution in [0, 0.1) is 0 Å². The molecule has 4 saturated heterocycles. The summed E-state index contributed by atoms with van der Waals surface area (Å²) in [6, 6.07) is 1.70. The Morgan fingerprint density at radius 2 is 1.44 bits per heavy atom. The minimum absolute atomic E-state index is 0.0915. The van der Waals surface area contributed by atoms with Crippen molar-refractivity contribution in [2.75, 3.05) is 54.4 Å². The van der Waals surface area contributed by atoms with Crippen LogP contribution in [0.3, 0.4) is 0 Å². The van der Waals surface area contributed by atoms with Crippen molar-refractivity contribution in [1.29, 1.82) is 0 Å². The summed E-state index contributed by atoms with van der Waals surface area (Å²) in [5, 5.41) is 136. The van der Waals surface area contributed by atoms with E-state index in [1.54, 1.807) is 0 Å². The molecule has 1 aromatic carbocycles. The third-order valence-corrected chi connectivity index (χ3v) is 13.5. The van der Waals surface area contributed by atoms with E-state index in [1.807, 2.05) is 0 Å². The third kappa shape index (κ3) is 17.2. The first-order valence-electron chi connectivity index (χ1n) is 25.1. The molecule has 442 valence electrons. The Morgan fingerprint density at radius 1 is 0.779 bits per heavy atom. The minimum atomic E-state index is -2.74. The van der Waals surface area contributed by atoms with Crippen molar-refractivity contribution >= 4 is 23.8 Å². The lowest BCUT2D eigenvalue weighted by atomic mass is 9.88. The van der Waals surface area contributed by atoms with Gasteiger partial charge in [-0.2, -0.15) is 0 Å². The first-order chi connectivity index (χ1) is 36.5. The number of carboxylic acid groups (broad SMARTS) is 1. The van der Waals surface area contributed by atoms with Crippen molar-refractivity contribution in [3.8, 4) is 11.5 Å². The zero-order valence-corrected chi connectivity index (χ0v) is 43.4. The number of amides is 2. The van der Waals surface area contributed by atoms with Gasteiger partial charge in [0.05, 0.1) is 58.9 Å². The molecule has 0 spiro atoms. The number of nitrogens with one attached hydrogen (secondary N) is 2. The van der Waals surface area contributed by atoms with Gasteiger partial charge in [0.25, 0.3) is 11.7 Å². The van der Waals surface area contributed by atoms with Crippen LogP contribution in [0.15, 0.2) is 18.2 Å². The van der Waals surface area contributed by atoms with Gasteiger partial charge in [0.2, 0.25) is 5.91 Å². The van der Waals surface area contributed by atoms with Gasteiger partial charge in [-0.3, -0.25) is 14.4 Å². The Morgan fingerprint density at radius 3 is 2.04 bits per heavy atom. The first kappa shape index (κ1) is 65.5. The number of aliphatic carboxylic acids is 1. The van der Waals surface area contributed by atoms with Crippen LogP contribution in [0.5, 0.6) is 11.5 Å². The second-order valence-corrected chi connectivity index (χ2v) is 19.0. The summed E-state index contributed by atoms with van der Waals surface area (Å²) >= 11 is 0. The van der Waals surface area contributed by atoms with E-state index >= 15 is 0 Å². The van der Waals surface area contributed by atoms with E-state index in [2.05, 4.69) is 15.4 Å². The monoisotopic (exact) mass is 1110 g/mol. The maximum atomic E-state index is 13.4. The average Bonchev–Trinajstić information content (AvgIpc) is 3.41. The lowest BCUT2D eigenvalue weighted by Crippen LogP contribution is -2.69. The fraction of sp³-hybridized carbons (Fsp3) is 0.792. The van der Waals surface area contributed by atoms with E-state index in [0.29, 0.717) is 12.8 Å². The summed E-state index contributed by atoms with van der Waals surface area (Å²) < 4.78 is 55.2. The Hall–Kier alpha value is -4.06. The minimum Gasteiger partial charge on any atom is -0.504 e. The van der Waals surface area contributed by atoms with E-state index in [9.17, 15) is 80.5 Å². The zero-order valence-electron chi connectivity index (χ0n) is 43.4. The van der Waals surface area contributed by atoms with Crippen molar-refractivity contribution in [3.63, 3.8) is 0 Å². The Balaban J connectivity index is 0.000000359. The molecule has 0 radical (unpaired) electrons. The molecule has 0 bridgehead atoms. The summed E-state index contributed by atoms with van der Waals surface area (Å²) in [6.07, 6.45) is -19.7. The number of phenols is 1. The lowest BCUT2D eigenvalue weighted by molar-refractivity contribution is -0.347. The zero-order chi connectivity index (χ0) is 57.3. The van der Waals surface area contributed by atoms with Gasteiger partial charge in [-0.05, 0) is 38.0 Å². The number of ether oxygens (including phenoxy) is 10. The molecule has 4 heterocycles. The number of carbonyl (C=O) groups is 4. The molecule has 4 aliphatic heterocycles. The predicted octanol–water partition coefficient (Wildman–Crippen LogP) is -5.00. The van der Waals surface area contributed by atoms with Crippen LogP contribution < -0.4 is 15.4 Å². The number of aliphatic hydroxyl groups excluding tert-OH is 11. The molecule has 20 atom stereocenters. The van der Waals surface area contributed by atoms with Gasteiger partial charge in [-0.25, -0.2) is 4.79 Å². The summed E-state index contributed by atoms with van der Waals surface area (Å²) in [4.78, 5) is 48.3. The van der Waals surface area contributed by atoms with Gasteiger partial charge >= 0.3 is 11.9 Å². The smallest absolute Gasteiger partial charge is 0.364 e. The van der Waals surface area contributed by atoms with Gasteiger partial charge < -0.3 is 124 Å². The summed E-state index contributed by atoms with van der Waals surface area (Å²) in [5.41, 5.74) is 0.161. The molecule has 15 N–H and O–H groups in total. The van der Waals surface area contributed by atoms with Gasteiger partial charge in [-0.1, -0.05) is 25.7 Å². The van der Waals surface area contributed by atoms with Gasteiger partial charge in [-0.15, -0.1) is 0 Å². The number of aromatic hydroxyl groups is 1. The normalized spacial score (nSPS) is 35.1. The van der Waals surface area contributed by atoms with E-state index in [0.717, 1.165) is 39.0 Å². The molecular formula is C48H78N2O27. The number of carboxylic acids is 1. The molecule has 4 aliphatic rings. The predicted molar refractivity (Wildman–Crippen MR) is 256 cm³/mol. The molecule has 0 aromatic heterocycles. The SMILES string of the molecule is CC(=O)N[C@@H]1C(O)C[C@](OC2C(O)COC(CO)[C@@H]2O)(C(=O)O)OC1[C@H](O)[C@H](O)CO.COC(=O)CCCCCCCCO[C@@H]1OC(CO)[C@@H](OC2OC(C)[C@@H](O)C(O)C2O)C(OC)C1NC(=O)c1ccc(O)c(OC)c1. The number of hydrogen-bond acceptors (Lipinski definition) is 26. The van der Waals surface area contributed by atoms with Crippen LogP contribution in [0.25, 0.3) is 0 Å². The fourth-order valence-electron chi connectivity index (χ4n) is 9.14. The number of carbonyl (C=O) groups excluding carboxylic acids is 3. The lowest BCUT2D eigenvalue weighted by Gasteiger charge is -2.49. The molecule has 2 amide bonds. The molecule has 4 fully saturated rings. The summed E-state index contributed by atoms with van der Waals surface area (Å²) in [7, 11) is 4.10. The Bertz CT molecular complexity index is 1990. The molecular weight excluding hydrogens is 1040 g/mol. The molecule has 0 saturated carbocycles. The number of benzene rings is 1. The van der Waals surface area contributed by atoms with Gasteiger partial charge in [0.1, 0.15) is 85.4 Å². The largest absolute Gasteiger partial charge is 0.504 e. The molecule has 29 heteroatoms. The van der Waals surface area contributed by atoms with Crippen LogP contribution >= 0.6 is 0 Å². The second-order valence-electron chi connectivity index (χ2n) is 19.0. The highest BCUT2D eigenvalue weighted by Gasteiger charge is 2.59. The standard InChI is InChI=1S/C31H49NO14.C17H29NO13/c1-17-24(36)25(37)26(38)31(44-17)46-27-21(16-33)45-30(43-14-10-8-6-5-7-9-11-22(35)41-3)23(28(27)42-4)32-29(39)18-12-13-19(34)20(15-18)40-2;1-6(21)18-11-7(22)2-17(16(27)28,31-15(11)12(25)8(23)3-19)30-14-9(24)5-29-10(4-20)13(14)26/h12-13,15,17,21,23-28,30-31,33-34,36-38H,5-11,14,16H2,1-4H3,(H,32,39);7-15,19-20,22-26H,2-5H2,1H3,(H,18,21)(H,27,28)/t17?,21?,23?,24-,25?,26?,27-,28?,30-,31?;7?,8-,9?,10?,11-,12-,13+,14?,15?,17-/m11/s1. The Kier molecular flexibility index (Phi) is 26.4. The maximum absolute atomic E-state index is 13.4. The molecule has 29 nitrogen and oxygen atoms in total. The highest BCUT2D eigenvalue weighted by Crippen LogP contribution is 2.37. The second kappa shape index (κ2) is 31.1. The van der Waals surface area contributed by atoms with Crippen LogP contribution in [-0.4, -0.2) is 267 Å². The number of methoxy groups -OCH3 is 3. The summed E-state index contributed by atoms with van der Waals surface area (Å²) in [6.45, 7) is 0.305. The maximum Gasteiger partial charge on any atom is 0.364 e. The highest BCUT2D eigenvalue weighted by molar-refractivity contribution is 5.95. The molecule has 0 aliphatic carbocycles. The van der Waals surface area contributed by atoms with Crippen molar-refractivity contribution in [2.45, 2.75) is 187 Å². The third-order valence-electron chi connectivity index (χ3n) is 13.5. The van der Waals surface area contributed by atoms with Crippen molar-refractivity contribution in [3.05, 3.63) is 23.8 Å². The van der Waals surface area contributed by atoms with Gasteiger partial charge in [0.15, 0.2) is 24.1 Å². The number of hydrogen-bond donors (Lipinski definition) is 15. The van der Waals surface area contributed by atoms with Crippen LogP contribution in [0.1, 0.15) is 75.6 Å². The average molecular weight is 1120 g/mol. The first-order valence-corrected chi connectivity index (χ1v) is 25.1. The van der Waals surface area contributed by atoms with Crippen molar-refractivity contribution in [1.82, 2.24) is 10.6 Å². The van der Waals surface area contributed by atoms with Crippen molar-refractivity contribution in [2.24, 2.45) is 0 Å². The number of phenolic OH excluding ortho intramolecular Hbond substituents is 1. The number of rotatable bonds is 25. The van der Waals surface area contributed by atoms with E-state index < -0.39 is 173 Å². The van der Waals surface area contributed by atoms with E-state index in [-0.39, 0.29) is 29.6 Å². The van der Waals surface area contributed by atoms with Gasteiger partial charge in [0, 0.05) is 39.0 Å². The van der Waals surface area contributed by atoms with Crippen LogP contribution in [-0.2, 0) is 57.0 Å². The number of aliphatic hydroxyl groups is 11. The molecule has 5 rings (SSSR count). The topological polar surface area (TPSA) is 448 Å². The van der Waals surface area contributed by atoms with Crippen LogP contribution in [0.4, 0.5) is 0 Å². The molecule has 77 heavy (non-hydrogen) atoms. The number of unbranched alkanes of at least 4 members (excludes halogenated alkanes) is 5. The Labute approximate surface area is 443 Å².